The second-order valence-electron chi connectivity index (χ2n) is 3.83. The third-order valence-corrected chi connectivity index (χ3v) is 2.61. The van der Waals surface area contributed by atoms with Crippen molar-refractivity contribution in [3.8, 4) is 5.75 Å². The molecule has 18 heavy (non-hydrogen) atoms. The maximum atomic E-state index is 12.9. The zero-order chi connectivity index (χ0) is 12.8. The van der Waals surface area contributed by atoms with E-state index in [1.54, 1.807) is 19.2 Å². The van der Waals surface area contributed by atoms with E-state index in [2.05, 4.69) is 10.3 Å². The number of hydrogen-bond donors (Lipinski definition) is 1. The van der Waals surface area contributed by atoms with E-state index in [9.17, 15) is 4.39 Å². The van der Waals surface area contributed by atoms with Crippen LogP contribution in [0.4, 0.5) is 10.2 Å². The minimum atomic E-state index is -0.475. The number of hydrogen-bond acceptors (Lipinski definition) is 3. The molecule has 0 atom stereocenters. The van der Waals surface area contributed by atoms with Gasteiger partial charge in [-0.15, -0.1) is 0 Å². The summed E-state index contributed by atoms with van der Waals surface area (Å²) >= 11 is 0. The fraction of sp³-hybridized carbons (Fsp3) is 0.214. The van der Waals surface area contributed by atoms with Crippen LogP contribution >= 0.6 is 0 Å². The Balaban J connectivity index is 1.92. The van der Waals surface area contributed by atoms with Gasteiger partial charge >= 0.3 is 0 Å². The summed E-state index contributed by atoms with van der Waals surface area (Å²) < 4.78 is 18.1. The quantitative estimate of drug-likeness (QED) is 0.824. The number of ether oxygens (including phenoxy) is 1. The lowest BCUT2D eigenvalue weighted by Gasteiger charge is -2.09. The van der Waals surface area contributed by atoms with Crippen molar-refractivity contribution in [3.05, 3.63) is 54.0 Å². The lowest BCUT2D eigenvalue weighted by Crippen LogP contribution is -2.07. The Bertz CT molecular complexity index is 517. The molecule has 1 aromatic carbocycles. The molecule has 0 saturated carbocycles. The number of rotatable bonds is 5. The zero-order valence-corrected chi connectivity index (χ0v) is 10.2. The zero-order valence-electron chi connectivity index (χ0n) is 10.2. The van der Waals surface area contributed by atoms with Crippen LogP contribution in [0.5, 0.6) is 5.75 Å². The van der Waals surface area contributed by atoms with Crippen LogP contribution in [-0.2, 0) is 6.42 Å². The van der Waals surface area contributed by atoms with Crippen LogP contribution in [0, 0.1) is 5.95 Å². The van der Waals surface area contributed by atoms with Crippen LogP contribution in [0.2, 0.25) is 0 Å². The molecule has 0 spiro atoms. The normalized spacial score (nSPS) is 10.1. The molecule has 1 heterocycles. The monoisotopic (exact) mass is 246 g/mol. The van der Waals surface area contributed by atoms with E-state index in [0.29, 0.717) is 12.4 Å². The van der Waals surface area contributed by atoms with Gasteiger partial charge in [-0.05, 0) is 30.2 Å². The fourth-order valence-electron chi connectivity index (χ4n) is 1.74. The highest BCUT2D eigenvalue weighted by Crippen LogP contribution is 2.17. The molecule has 0 fully saturated rings. The average Bonchev–Trinajstić information content (AvgIpc) is 2.39. The van der Waals surface area contributed by atoms with Crippen molar-refractivity contribution in [2.75, 3.05) is 19.0 Å². The molecule has 3 nitrogen and oxygen atoms in total. The van der Waals surface area contributed by atoms with Gasteiger partial charge in [-0.25, -0.2) is 4.98 Å². The van der Waals surface area contributed by atoms with E-state index < -0.39 is 5.95 Å². The van der Waals surface area contributed by atoms with Crippen molar-refractivity contribution in [1.82, 2.24) is 4.98 Å². The minimum Gasteiger partial charge on any atom is -0.496 e. The van der Waals surface area contributed by atoms with Crippen molar-refractivity contribution in [1.29, 1.82) is 0 Å². The van der Waals surface area contributed by atoms with Gasteiger partial charge in [0.05, 0.1) is 7.11 Å². The first-order valence-corrected chi connectivity index (χ1v) is 5.78. The van der Waals surface area contributed by atoms with Gasteiger partial charge in [0.2, 0.25) is 5.95 Å². The molecule has 0 radical (unpaired) electrons. The molecule has 1 N–H and O–H groups in total. The summed E-state index contributed by atoms with van der Waals surface area (Å²) in [6.45, 7) is 0.677. The number of halogens is 1. The van der Waals surface area contributed by atoms with Crippen molar-refractivity contribution in [2.24, 2.45) is 0 Å². The highest BCUT2D eigenvalue weighted by atomic mass is 19.1. The second-order valence-corrected chi connectivity index (χ2v) is 3.83. The van der Waals surface area contributed by atoms with E-state index in [4.69, 9.17) is 4.74 Å². The minimum absolute atomic E-state index is 0.475. The van der Waals surface area contributed by atoms with Gasteiger partial charge in [0.25, 0.3) is 0 Å². The number of anilines is 1. The fourth-order valence-corrected chi connectivity index (χ4v) is 1.74. The Hall–Kier alpha value is -2.10. The summed E-state index contributed by atoms with van der Waals surface area (Å²) in [5.41, 5.74) is 1.11. The molecule has 0 amide bonds. The van der Waals surface area contributed by atoms with Gasteiger partial charge in [0.1, 0.15) is 11.6 Å². The molecule has 0 saturated heterocycles. The third-order valence-electron chi connectivity index (χ3n) is 2.61. The van der Waals surface area contributed by atoms with Crippen LogP contribution in [-0.4, -0.2) is 18.6 Å². The topological polar surface area (TPSA) is 34.1 Å². The summed E-state index contributed by atoms with van der Waals surface area (Å²) in [6.07, 6.45) is 0.794. The van der Waals surface area contributed by atoms with Crippen molar-refractivity contribution >= 4 is 5.82 Å². The van der Waals surface area contributed by atoms with E-state index in [1.165, 1.54) is 6.07 Å². The van der Waals surface area contributed by atoms with E-state index in [-0.39, 0.29) is 0 Å². The predicted molar refractivity (Wildman–Crippen MR) is 69.4 cm³/mol. The molecule has 0 aliphatic rings. The Morgan fingerprint density at radius 1 is 1.17 bits per heavy atom. The number of benzene rings is 1. The number of methoxy groups -OCH3 is 1. The highest BCUT2D eigenvalue weighted by molar-refractivity contribution is 5.36. The summed E-state index contributed by atoms with van der Waals surface area (Å²) in [6, 6.07) is 12.5. The van der Waals surface area contributed by atoms with Gasteiger partial charge in [0.15, 0.2) is 0 Å². The molecule has 0 unspecified atom stereocenters. The van der Waals surface area contributed by atoms with Crippen LogP contribution in [0.15, 0.2) is 42.5 Å². The molecule has 94 valence electrons. The summed E-state index contributed by atoms with van der Waals surface area (Å²) in [4.78, 5) is 3.74. The van der Waals surface area contributed by atoms with Gasteiger partial charge in [-0.3, -0.25) is 0 Å². The number of para-hydroxylation sites is 1. The Morgan fingerprint density at radius 3 is 2.78 bits per heavy atom. The number of nitrogens with one attached hydrogen (secondary N) is 1. The maximum absolute atomic E-state index is 12.9. The van der Waals surface area contributed by atoms with Crippen LogP contribution in [0.1, 0.15) is 5.56 Å². The Morgan fingerprint density at radius 2 is 2.00 bits per heavy atom. The highest BCUT2D eigenvalue weighted by Gasteiger charge is 2.01. The summed E-state index contributed by atoms with van der Waals surface area (Å²) in [7, 11) is 1.65. The van der Waals surface area contributed by atoms with Gasteiger partial charge in [-0.1, -0.05) is 24.3 Å². The molecule has 0 aliphatic carbocycles. The molecular formula is C14H15FN2O. The average molecular weight is 246 g/mol. The molecule has 0 bridgehead atoms. The first kappa shape index (κ1) is 12.4. The third kappa shape index (κ3) is 3.20. The number of aromatic nitrogens is 1. The first-order chi connectivity index (χ1) is 8.79. The molecular weight excluding hydrogens is 231 g/mol. The van der Waals surface area contributed by atoms with Gasteiger partial charge in [-0.2, -0.15) is 4.39 Å². The summed E-state index contributed by atoms with van der Waals surface area (Å²) in [5, 5.41) is 3.08. The molecule has 2 rings (SSSR count). The lowest BCUT2D eigenvalue weighted by molar-refractivity contribution is 0.410. The van der Waals surface area contributed by atoms with E-state index >= 15 is 0 Å². The predicted octanol–water partition coefficient (Wildman–Crippen LogP) is 2.88. The molecule has 1 aromatic heterocycles. The molecule has 4 heteroatoms. The lowest BCUT2D eigenvalue weighted by atomic mass is 10.1. The van der Waals surface area contributed by atoms with Gasteiger partial charge < -0.3 is 10.1 Å². The first-order valence-electron chi connectivity index (χ1n) is 5.78. The Kier molecular flexibility index (Phi) is 4.12. The van der Waals surface area contributed by atoms with Crippen molar-refractivity contribution < 1.29 is 9.13 Å². The van der Waals surface area contributed by atoms with Gasteiger partial charge in [0, 0.05) is 6.54 Å². The van der Waals surface area contributed by atoms with Crippen LogP contribution in [0.3, 0.4) is 0 Å². The number of nitrogens with zero attached hydrogens (tertiary/aromatic N) is 1. The Labute approximate surface area is 106 Å². The number of pyridine rings is 1. The molecule has 0 aliphatic heterocycles. The molecule has 2 aromatic rings. The van der Waals surface area contributed by atoms with E-state index in [1.807, 2.05) is 24.3 Å². The van der Waals surface area contributed by atoms with Crippen molar-refractivity contribution in [3.63, 3.8) is 0 Å². The standard InChI is InChI=1S/C14H15FN2O/c1-18-12-6-3-2-5-11(12)9-10-16-14-8-4-7-13(15)17-14/h2-8H,9-10H2,1H3,(H,16,17). The van der Waals surface area contributed by atoms with Crippen LogP contribution in [0.25, 0.3) is 0 Å². The van der Waals surface area contributed by atoms with E-state index in [0.717, 1.165) is 17.7 Å². The van der Waals surface area contributed by atoms with Crippen LogP contribution < -0.4 is 10.1 Å². The maximum Gasteiger partial charge on any atom is 0.214 e. The summed E-state index contributed by atoms with van der Waals surface area (Å²) in [5.74, 6) is 0.939. The van der Waals surface area contributed by atoms with Crippen molar-refractivity contribution in [2.45, 2.75) is 6.42 Å². The second kappa shape index (κ2) is 6.00. The largest absolute Gasteiger partial charge is 0.496 e. The SMILES string of the molecule is COc1ccccc1CCNc1cccc(F)n1. The smallest absolute Gasteiger partial charge is 0.214 e.